The van der Waals surface area contributed by atoms with Crippen molar-refractivity contribution in [1.29, 1.82) is 0 Å². The van der Waals surface area contributed by atoms with Crippen LogP contribution in [0.4, 0.5) is 11.6 Å². The summed E-state index contributed by atoms with van der Waals surface area (Å²) in [6.45, 7) is 7.45. The van der Waals surface area contributed by atoms with E-state index in [1.54, 1.807) is 7.11 Å². The number of aliphatic hydroxyl groups excluding tert-OH is 1. The van der Waals surface area contributed by atoms with E-state index in [0.29, 0.717) is 19.5 Å². The van der Waals surface area contributed by atoms with Crippen LogP contribution >= 0.6 is 0 Å². The first-order valence-corrected chi connectivity index (χ1v) is 11.2. The lowest BCUT2D eigenvalue weighted by molar-refractivity contribution is -0.130. The lowest BCUT2D eigenvalue weighted by Crippen LogP contribution is -2.49. The fraction of sp³-hybridized carbons (Fsp3) is 0.522. The molecule has 2 aliphatic heterocycles. The zero-order chi connectivity index (χ0) is 22.3. The van der Waals surface area contributed by atoms with Crippen molar-refractivity contribution in [3.8, 4) is 5.75 Å². The van der Waals surface area contributed by atoms with Crippen LogP contribution in [0.2, 0.25) is 0 Å². The Labute approximate surface area is 189 Å². The Kier molecular flexibility index (Phi) is 7.39. The van der Waals surface area contributed by atoms with Crippen LogP contribution in [0.15, 0.2) is 36.4 Å². The first kappa shape index (κ1) is 22.3. The number of benzene rings is 1. The molecule has 0 saturated carbocycles. The predicted molar refractivity (Wildman–Crippen MR) is 123 cm³/mol. The molecular formula is C23H32N6O3. The number of carbonyl (C=O) groups is 1. The van der Waals surface area contributed by atoms with Crippen LogP contribution in [0.1, 0.15) is 5.56 Å². The third-order valence-electron chi connectivity index (χ3n) is 6.22. The van der Waals surface area contributed by atoms with E-state index in [-0.39, 0.29) is 12.5 Å². The Bertz CT molecular complexity index is 860. The molecule has 2 aromatic rings. The van der Waals surface area contributed by atoms with E-state index in [4.69, 9.17) is 9.84 Å². The summed E-state index contributed by atoms with van der Waals surface area (Å²) in [5, 5.41) is 18.0. The summed E-state index contributed by atoms with van der Waals surface area (Å²) in [5.41, 5.74) is 0.997. The van der Waals surface area contributed by atoms with Crippen molar-refractivity contribution < 1.29 is 14.6 Å². The Morgan fingerprint density at radius 3 is 1.94 bits per heavy atom. The molecule has 1 aromatic heterocycles. The topological polar surface area (TPSA) is 85.3 Å². The van der Waals surface area contributed by atoms with Crippen LogP contribution in [-0.2, 0) is 11.2 Å². The number of piperazine rings is 2. The Balaban J connectivity index is 1.25. The maximum Gasteiger partial charge on any atom is 0.227 e. The number of ether oxygens (including phenoxy) is 1. The van der Waals surface area contributed by atoms with E-state index in [9.17, 15) is 4.79 Å². The Hall–Kier alpha value is -2.91. The molecule has 9 nitrogen and oxygen atoms in total. The van der Waals surface area contributed by atoms with Gasteiger partial charge in [-0.2, -0.15) is 0 Å². The molecule has 0 atom stereocenters. The molecule has 0 spiro atoms. The summed E-state index contributed by atoms with van der Waals surface area (Å²) in [6, 6.07) is 11.7. The maximum absolute atomic E-state index is 12.7. The van der Waals surface area contributed by atoms with E-state index in [2.05, 4.69) is 24.9 Å². The van der Waals surface area contributed by atoms with Crippen molar-refractivity contribution in [1.82, 2.24) is 20.0 Å². The number of amides is 1. The molecule has 0 radical (unpaired) electrons. The van der Waals surface area contributed by atoms with Crippen LogP contribution in [-0.4, -0.2) is 104 Å². The van der Waals surface area contributed by atoms with Crippen molar-refractivity contribution in [2.45, 2.75) is 6.42 Å². The van der Waals surface area contributed by atoms with Crippen LogP contribution in [0.3, 0.4) is 0 Å². The van der Waals surface area contributed by atoms with E-state index >= 15 is 0 Å². The van der Waals surface area contributed by atoms with Gasteiger partial charge in [0, 0.05) is 58.9 Å². The molecule has 32 heavy (non-hydrogen) atoms. The number of β-amino-alcohol motifs (C(OH)–C–C–N with tert-alkyl or cyclic N) is 1. The van der Waals surface area contributed by atoms with Crippen LogP contribution in [0.25, 0.3) is 0 Å². The fourth-order valence-corrected chi connectivity index (χ4v) is 4.21. The van der Waals surface area contributed by atoms with E-state index in [1.807, 2.05) is 41.3 Å². The van der Waals surface area contributed by atoms with Gasteiger partial charge in [0.15, 0.2) is 11.6 Å². The summed E-state index contributed by atoms with van der Waals surface area (Å²) in [6.07, 6.45) is 0.407. The molecular weight excluding hydrogens is 408 g/mol. The van der Waals surface area contributed by atoms with Gasteiger partial charge in [-0.1, -0.05) is 12.1 Å². The largest absolute Gasteiger partial charge is 0.497 e. The summed E-state index contributed by atoms with van der Waals surface area (Å²) >= 11 is 0. The minimum absolute atomic E-state index is 0.150. The molecule has 1 aromatic carbocycles. The molecule has 1 amide bonds. The number of methoxy groups -OCH3 is 1. The van der Waals surface area contributed by atoms with E-state index in [1.165, 1.54) is 0 Å². The second-order valence-corrected chi connectivity index (χ2v) is 8.19. The number of aliphatic hydroxyl groups is 1. The van der Waals surface area contributed by atoms with Gasteiger partial charge in [-0.05, 0) is 29.8 Å². The minimum atomic E-state index is 0.150. The van der Waals surface area contributed by atoms with Gasteiger partial charge in [0.1, 0.15) is 5.75 Å². The van der Waals surface area contributed by atoms with Crippen LogP contribution in [0.5, 0.6) is 5.75 Å². The highest BCUT2D eigenvalue weighted by molar-refractivity contribution is 5.79. The highest BCUT2D eigenvalue weighted by Gasteiger charge is 2.23. The van der Waals surface area contributed by atoms with Crippen LogP contribution < -0.4 is 14.5 Å². The first-order chi connectivity index (χ1) is 15.7. The number of aromatic nitrogens is 2. The predicted octanol–water partition coefficient (Wildman–Crippen LogP) is 0.491. The number of nitrogens with zero attached hydrogens (tertiary/aromatic N) is 6. The van der Waals surface area contributed by atoms with Gasteiger partial charge in [0.2, 0.25) is 5.91 Å². The average molecular weight is 441 g/mol. The fourth-order valence-electron chi connectivity index (χ4n) is 4.21. The maximum atomic E-state index is 12.7. The van der Waals surface area contributed by atoms with Crippen molar-refractivity contribution >= 4 is 17.5 Å². The van der Waals surface area contributed by atoms with Gasteiger partial charge in [0.05, 0.1) is 20.1 Å². The number of carbonyl (C=O) groups excluding carboxylic acids is 1. The van der Waals surface area contributed by atoms with Gasteiger partial charge in [-0.25, -0.2) is 0 Å². The van der Waals surface area contributed by atoms with Gasteiger partial charge < -0.3 is 24.5 Å². The molecule has 2 saturated heterocycles. The Morgan fingerprint density at radius 2 is 1.44 bits per heavy atom. The lowest BCUT2D eigenvalue weighted by atomic mass is 10.1. The molecule has 0 unspecified atom stereocenters. The molecule has 0 bridgehead atoms. The third-order valence-corrected chi connectivity index (χ3v) is 6.22. The highest BCUT2D eigenvalue weighted by atomic mass is 16.5. The zero-order valence-electron chi connectivity index (χ0n) is 18.7. The minimum Gasteiger partial charge on any atom is -0.497 e. The zero-order valence-corrected chi connectivity index (χ0v) is 18.7. The molecule has 4 rings (SSSR count). The van der Waals surface area contributed by atoms with Crippen LogP contribution in [0, 0.1) is 0 Å². The number of hydrogen-bond acceptors (Lipinski definition) is 8. The number of anilines is 2. The normalized spacial score (nSPS) is 17.5. The summed E-state index contributed by atoms with van der Waals surface area (Å²) in [4.78, 5) is 21.3. The summed E-state index contributed by atoms with van der Waals surface area (Å²) < 4.78 is 5.17. The van der Waals surface area contributed by atoms with Gasteiger partial charge in [0.25, 0.3) is 0 Å². The third kappa shape index (κ3) is 5.46. The van der Waals surface area contributed by atoms with Gasteiger partial charge >= 0.3 is 0 Å². The molecule has 9 heteroatoms. The molecule has 2 aliphatic rings. The van der Waals surface area contributed by atoms with Crippen molar-refractivity contribution in [2.24, 2.45) is 0 Å². The lowest BCUT2D eigenvalue weighted by Gasteiger charge is -2.36. The second-order valence-electron chi connectivity index (χ2n) is 8.19. The SMILES string of the molecule is COc1ccc(CC(=O)N2CCN(c3ccc(N4CCN(CCO)CC4)nn3)CC2)cc1. The molecule has 0 aliphatic carbocycles. The quantitative estimate of drug-likeness (QED) is 0.666. The number of hydrogen-bond donors (Lipinski definition) is 1. The smallest absolute Gasteiger partial charge is 0.227 e. The van der Waals surface area contributed by atoms with Gasteiger partial charge in [-0.15, -0.1) is 10.2 Å². The van der Waals surface area contributed by atoms with E-state index < -0.39 is 0 Å². The summed E-state index contributed by atoms with van der Waals surface area (Å²) in [7, 11) is 1.64. The first-order valence-electron chi connectivity index (χ1n) is 11.2. The Morgan fingerprint density at radius 1 is 0.875 bits per heavy atom. The number of rotatable bonds is 7. The standard InChI is InChI=1S/C23H32N6O3/c1-32-20-4-2-19(3-5-20)18-23(31)29-14-12-28(13-15-29)22-7-6-21(24-25-22)27-10-8-26(9-11-27)16-17-30/h2-7,30H,8-18H2,1H3. The highest BCUT2D eigenvalue weighted by Crippen LogP contribution is 2.19. The molecule has 172 valence electrons. The molecule has 3 heterocycles. The van der Waals surface area contributed by atoms with Gasteiger partial charge in [-0.3, -0.25) is 9.69 Å². The van der Waals surface area contributed by atoms with Crippen molar-refractivity contribution in [2.75, 3.05) is 82.4 Å². The molecule has 1 N–H and O–H groups in total. The second kappa shape index (κ2) is 10.6. The molecule has 2 fully saturated rings. The monoisotopic (exact) mass is 440 g/mol. The van der Waals surface area contributed by atoms with Crippen molar-refractivity contribution in [3.05, 3.63) is 42.0 Å². The average Bonchev–Trinajstić information content (AvgIpc) is 2.85. The van der Waals surface area contributed by atoms with Crippen molar-refractivity contribution in [3.63, 3.8) is 0 Å². The summed E-state index contributed by atoms with van der Waals surface area (Å²) in [5.74, 6) is 2.70. The van der Waals surface area contributed by atoms with E-state index in [0.717, 1.165) is 68.8 Å².